The number of aromatic hydroxyl groups is 1. The molecular formula is C20H26N4O3. The Bertz CT molecular complexity index is 979. The molecule has 1 amide bonds. The molecule has 2 aromatic heterocycles. The van der Waals surface area contributed by atoms with Gasteiger partial charge in [0, 0.05) is 18.2 Å². The van der Waals surface area contributed by atoms with Crippen molar-refractivity contribution in [3.05, 3.63) is 33.8 Å². The van der Waals surface area contributed by atoms with Crippen molar-refractivity contribution in [2.45, 2.75) is 65.0 Å². The number of carbonyl (C=O) groups excluding carboxylic acids is 1. The van der Waals surface area contributed by atoms with Crippen LogP contribution in [0.4, 0.5) is 0 Å². The average Bonchev–Trinajstić information content (AvgIpc) is 3.33. The lowest BCUT2D eigenvalue weighted by Gasteiger charge is -2.19. The number of nitrogens with one attached hydrogen (secondary N) is 1. The smallest absolute Gasteiger partial charge is 0.291 e. The molecule has 0 radical (unpaired) electrons. The number of allylic oxidation sites excluding steroid dienone is 2. The largest absolute Gasteiger partial charge is 0.494 e. The van der Waals surface area contributed by atoms with Gasteiger partial charge in [-0.25, -0.2) is 0 Å². The van der Waals surface area contributed by atoms with E-state index in [2.05, 4.69) is 16.5 Å². The molecule has 144 valence electrons. The third-order valence-electron chi connectivity index (χ3n) is 5.21. The van der Waals surface area contributed by atoms with Gasteiger partial charge in [0.1, 0.15) is 5.65 Å². The quantitative estimate of drug-likeness (QED) is 0.847. The van der Waals surface area contributed by atoms with Crippen LogP contribution >= 0.6 is 0 Å². The van der Waals surface area contributed by atoms with Crippen molar-refractivity contribution in [2.75, 3.05) is 0 Å². The zero-order chi connectivity index (χ0) is 19.1. The Morgan fingerprint density at radius 2 is 2.15 bits per heavy atom. The third kappa shape index (κ3) is 3.26. The average molecular weight is 370 g/mol. The van der Waals surface area contributed by atoms with Crippen molar-refractivity contribution < 1.29 is 9.90 Å². The molecule has 1 fully saturated rings. The molecule has 2 aliphatic rings. The van der Waals surface area contributed by atoms with Crippen molar-refractivity contribution in [3.8, 4) is 5.88 Å². The van der Waals surface area contributed by atoms with Crippen LogP contribution in [0.25, 0.3) is 11.2 Å². The fourth-order valence-electron chi connectivity index (χ4n) is 3.72. The van der Waals surface area contributed by atoms with Crippen LogP contribution in [0.5, 0.6) is 5.88 Å². The third-order valence-corrected chi connectivity index (χ3v) is 5.21. The number of rotatable bonds is 5. The molecule has 1 saturated carbocycles. The number of hydrogen-bond donors (Lipinski definition) is 2. The van der Waals surface area contributed by atoms with E-state index < -0.39 is 11.5 Å². The molecule has 2 aromatic rings. The summed E-state index contributed by atoms with van der Waals surface area (Å²) in [6.45, 7) is 4.56. The van der Waals surface area contributed by atoms with Gasteiger partial charge in [-0.3, -0.25) is 14.2 Å². The van der Waals surface area contributed by atoms with Gasteiger partial charge in [0.2, 0.25) is 5.88 Å². The standard InChI is InChI=1S/C20H26N4O3/c1-12(2)11-23-18-15(13-6-4-3-5-7-13)10-21-24(18)20(27)16(19(23)26)17(25)22-14-8-9-14/h6,10,12,14,26H,3-5,7-9,11H2,1-2H3,(H,22,25). The van der Waals surface area contributed by atoms with Gasteiger partial charge in [-0.2, -0.15) is 9.61 Å². The summed E-state index contributed by atoms with van der Waals surface area (Å²) >= 11 is 0. The first-order valence-corrected chi connectivity index (χ1v) is 9.81. The van der Waals surface area contributed by atoms with Crippen LogP contribution in [-0.4, -0.2) is 31.2 Å². The highest BCUT2D eigenvalue weighted by Gasteiger charge is 2.30. The molecule has 2 heterocycles. The molecule has 0 bridgehead atoms. The summed E-state index contributed by atoms with van der Waals surface area (Å²) in [6.07, 6.45) is 9.91. The molecule has 2 aliphatic carbocycles. The number of amides is 1. The SMILES string of the molecule is CC(C)Cn1c(O)c(C(=O)NC2CC2)c(=O)n2ncc(C3=CCCCC3)c12. The van der Waals surface area contributed by atoms with Crippen molar-refractivity contribution in [2.24, 2.45) is 5.92 Å². The van der Waals surface area contributed by atoms with Gasteiger partial charge < -0.3 is 10.4 Å². The lowest BCUT2D eigenvalue weighted by atomic mass is 9.95. The maximum Gasteiger partial charge on any atom is 0.291 e. The van der Waals surface area contributed by atoms with Gasteiger partial charge in [0.25, 0.3) is 11.5 Å². The molecule has 4 rings (SSSR count). The minimum Gasteiger partial charge on any atom is -0.494 e. The van der Waals surface area contributed by atoms with E-state index in [9.17, 15) is 14.7 Å². The maximum atomic E-state index is 13.0. The molecule has 2 N–H and O–H groups in total. The predicted octanol–water partition coefficient (Wildman–Crippen LogP) is 2.71. The minimum absolute atomic E-state index is 0.103. The minimum atomic E-state index is -0.566. The first-order valence-electron chi connectivity index (χ1n) is 9.81. The second-order valence-corrected chi connectivity index (χ2v) is 8.02. The molecule has 0 atom stereocenters. The second-order valence-electron chi connectivity index (χ2n) is 8.02. The Labute approximate surface area is 157 Å². The molecule has 0 aromatic carbocycles. The van der Waals surface area contributed by atoms with Gasteiger partial charge in [0.05, 0.1) is 6.20 Å². The normalized spacial score (nSPS) is 17.4. The highest BCUT2D eigenvalue weighted by molar-refractivity contribution is 5.97. The van der Waals surface area contributed by atoms with Crippen molar-refractivity contribution in [1.82, 2.24) is 19.5 Å². The maximum absolute atomic E-state index is 13.0. The Kier molecular flexibility index (Phi) is 4.53. The number of carbonyl (C=O) groups is 1. The zero-order valence-corrected chi connectivity index (χ0v) is 15.9. The molecule has 7 heteroatoms. The molecule has 0 spiro atoms. The van der Waals surface area contributed by atoms with E-state index in [0.717, 1.165) is 49.7 Å². The molecule has 27 heavy (non-hydrogen) atoms. The summed E-state index contributed by atoms with van der Waals surface area (Å²) in [4.78, 5) is 25.6. The number of hydrogen-bond acceptors (Lipinski definition) is 4. The van der Waals surface area contributed by atoms with E-state index in [1.165, 1.54) is 4.52 Å². The van der Waals surface area contributed by atoms with E-state index in [-0.39, 0.29) is 23.4 Å². The fraction of sp³-hybridized carbons (Fsp3) is 0.550. The summed E-state index contributed by atoms with van der Waals surface area (Å²) < 4.78 is 2.94. The van der Waals surface area contributed by atoms with Gasteiger partial charge in [-0.05, 0) is 50.0 Å². The number of nitrogens with zero attached hydrogens (tertiary/aromatic N) is 3. The van der Waals surface area contributed by atoms with E-state index in [1.807, 2.05) is 13.8 Å². The van der Waals surface area contributed by atoms with Crippen LogP contribution in [0, 0.1) is 5.92 Å². The predicted molar refractivity (Wildman–Crippen MR) is 103 cm³/mol. The van der Waals surface area contributed by atoms with Gasteiger partial charge in [-0.15, -0.1) is 0 Å². The molecule has 0 aliphatic heterocycles. The first kappa shape index (κ1) is 17.8. The summed E-state index contributed by atoms with van der Waals surface area (Å²) in [5, 5.41) is 18.0. The van der Waals surface area contributed by atoms with Gasteiger partial charge >= 0.3 is 0 Å². The monoisotopic (exact) mass is 370 g/mol. The second kappa shape index (κ2) is 6.87. The first-order chi connectivity index (χ1) is 13.0. The van der Waals surface area contributed by atoms with Crippen LogP contribution in [-0.2, 0) is 6.54 Å². The van der Waals surface area contributed by atoms with E-state index in [0.29, 0.717) is 12.2 Å². The highest BCUT2D eigenvalue weighted by atomic mass is 16.3. The van der Waals surface area contributed by atoms with Crippen LogP contribution in [0.2, 0.25) is 0 Å². The summed E-state index contributed by atoms with van der Waals surface area (Å²) in [5.74, 6) is -0.560. The van der Waals surface area contributed by atoms with Gasteiger partial charge in [0.15, 0.2) is 5.56 Å². The Balaban J connectivity index is 1.93. The fourth-order valence-corrected chi connectivity index (χ4v) is 3.72. The van der Waals surface area contributed by atoms with Crippen LogP contribution < -0.4 is 10.9 Å². The van der Waals surface area contributed by atoms with Crippen molar-refractivity contribution in [3.63, 3.8) is 0 Å². The molecule has 0 saturated heterocycles. The lowest BCUT2D eigenvalue weighted by molar-refractivity contribution is 0.0944. The molecule has 0 unspecified atom stereocenters. The topological polar surface area (TPSA) is 88.6 Å². The Morgan fingerprint density at radius 3 is 2.78 bits per heavy atom. The summed E-state index contributed by atoms with van der Waals surface area (Å²) in [7, 11) is 0. The van der Waals surface area contributed by atoms with E-state index in [4.69, 9.17) is 0 Å². The lowest BCUT2D eigenvalue weighted by Crippen LogP contribution is -2.34. The number of aromatic nitrogens is 3. The summed E-state index contributed by atoms with van der Waals surface area (Å²) in [6, 6.07) is 0.103. The highest BCUT2D eigenvalue weighted by Crippen LogP contribution is 2.31. The van der Waals surface area contributed by atoms with E-state index in [1.54, 1.807) is 10.8 Å². The van der Waals surface area contributed by atoms with Crippen molar-refractivity contribution in [1.29, 1.82) is 0 Å². The molecular weight excluding hydrogens is 344 g/mol. The van der Waals surface area contributed by atoms with Crippen LogP contribution in [0.15, 0.2) is 17.1 Å². The van der Waals surface area contributed by atoms with Crippen LogP contribution in [0.3, 0.4) is 0 Å². The molecule has 7 nitrogen and oxygen atoms in total. The Morgan fingerprint density at radius 1 is 1.37 bits per heavy atom. The van der Waals surface area contributed by atoms with E-state index >= 15 is 0 Å². The van der Waals surface area contributed by atoms with Crippen molar-refractivity contribution >= 4 is 17.1 Å². The van der Waals surface area contributed by atoms with Crippen LogP contribution in [0.1, 0.15) is 68.3 Å². The number of fused-ring (bicyclic) bond motifs is 1. The van der Waals surface area contributed by atoms with Gasteiger partial charge in [-0.1, -0.05) is 19.9 Å². The Hall–Kier alpha value is -2.57. The zero-order valence-electron chi connectivity index (χ0n) is 15.9. The summed E-state index contributed by atoms with van der Waals surface area (Å²) in [5.41, 5.74) is 1.81.